The minimum absolute atomic E-state index is 0.0123. The summed E-state index contributed by atoms with van der Waals surface area (Å²) in [6, 6.07) is 1.73. The van der Waals surface area contributed by atoms with Gasteiger partial charge in [0.2, 0.25) is 5.78 Å². The summed E-state index contributed by atoms with van der Waals surface area (Å²) in [5.74, 6) is -0.0123. The maximum atomic E-state index is 11.5. The molecule has 1 aromatic rings. The summed E-state index contributed by atoms with van der Waals surface area (Å²) in [7, 11) is 1.80. The fourth-order valence-corrected chi connectivity index (χ4v) is 1.14. The third-order valence-corrected chi connectivity index (χ3v) is 1.96. The van der Waals surface area contributed by atoms with E-state index in [1.54, 1.807) is 30.1 Å². The zero-order valence-electron chi connectivity index (χ0n) is 8.73. The van der Waals surface area contributed by atoms with Crippen LogP contribution < -0.4 is 0 Å². The molecule has 0 aliphatic heterocycles. The van der Waals surface area contributed by atoms with Gasteiger partial charge in [-0.2, -0.15) is 5.10 Å². The molecule has 0 spiro atoms. The normalized spacial score (nSPS) is 11.0. The summed E-state index contributed by atoms with van der Waals surface area (Å²) in [4.78, 5) is 11.5. The van der Waals surface area contributed by atoms with Crippen LogP contribution in [0.1, 0.15) is 36.7 Å². The van der Waals surface area contributed by atoms with Gasteiger partial charge in [0.15, 0.2) is 0 Å². The zero-order chi connectivity index (χ0) is 10.4. The van der Waals surface area contributed by atoms with Gasteiger partial charge >= 0.3 is 0 Å². The van der Waals surface area contributed by atoms with Crippen LogP contribution in [0.3, 0.4) is 0 Å². The van der Waals surface area contributed by atoms with Gasteiger partial charge in [0.05, 0.1) is 0 Å². The van der Waals surface area contributed by atoms with Gasteiger partial charge in [-0.25, -0.2) is 0 Å². The number of aromatic nitrogens is 2. The molecule has 3 heteroatoms. The number of rotatable bonds is 5. The highest BCUT2D eigenvalue weighted by Crippen LogP contribution is 2.00. The SMILES string of the molecule is CCCC/C=C/C(=O)c1ccn(C)n1. The van der Waals surface area contributed by atoms with Gasteiger partial charge in [0.1, 0.15) is 5.69 Å². The van der Waals surface area contributed by atoms with Crippen molar-refractivity contribution in [1.29, 1.82) is 0 Å². The van der Waals surface area contributed by atoms with Crippen LogP contribution in [0.15, 0.2) is 24.4 Å². The number of hydrogen-bond donors (Lipinski definition) is 0. The fraction of sp³-hybridized carbons (Fsp3) is 0.455. The first kappa shape index (κ1) is 10.7. The van der Waals surface area contributed by atoms with Gasteiger partial charge in [0.25, 0.3) is 0 Å². The minimum atomic E-state index is -0.0123. The van der Waals surface area contributed by atoms with Crippen molar-refractivity contribution in [3.8, 4) is 0 Å². The molecule has 0 N–H and O–H groups in total. The Morgan fingerprint density at radius 2 is 2.43 bits per heavy atom. The Bertz CT molecular complexity index is 326. The van der Waals surface area contributed by atoms with Crippen LogP contribution in [-0.2, 0) is 7.05 Å². The van der Waals surface area contributed by atoms with Crippen molar-refractivity contribution in [2.24, 2.45) is 7.05 Å². The summed E-state index contributed by atoms with van der Waals surface area (Å²) in [6.45, 7) is 2.13. The van der Waals surface area contributed by atoms with E-state index in [4.69, 9.17) is 0 Å². The highest BCUT2D eigenvalue weighted by Gasteiger charge is 2.03. The third-order valence-electron chi connectivity index (χ3n) is 1.96. The van der Waals surface area contributed by atoms with Crippen LogP contribution in [0.25, 0.3) is 0 Å². The number of allylic oxidation sites excluding steroid dienone is 2. The van der Waals surface area contributed by atoms with Crippen LogP contribution in [-0.4, -0.2) is 15.6 Å². The number of hydrogen-bond acceptors (Lipinski definition) is 2. The van der Waals surface area contributed by atoms with Crippen molar-refractivity contribution in [3.05, 3.63) is 30.1 Å². The van der Waals surface area contributed by atoms with E-state index in [2.05, 4.69) is 12.0 Å². The fourth-order valence-electron chi connectivity index (χ4n) is 1.14. The molecule has 0 aliphatic rings. The Balaban J connectivity index is 2.46. The molecule has 1 heterocycles. The molecular weight excluding hydrogens is 176 g/mol. The van der Waals surface area contributed by atoms with Gasteiger partial charge in [0, 0.05) is 13.2 Å². The van der Waals surface area contributed by atoms with E-state index in [9.17, 15) is 4.79 Å². The molecule has 0 atom stereocenters. The van der Waals surface area contributed by atoms with E-state index in [0.717, 1.165) is 19.3 Å². The summed E-state index contributed by atoms with van der Waals surface area (Å²) in [5, 5.41) is 4.03. The lowest BCUT2D eigenvalue weighted by atomic mass is 10.2. The quantitative estimate of drug-likeness (QED) is 0.408. The number of aryl methyl sites for hydroxylation is 1. The van der Waals surface area contributed by atoms with E-state index in [1.165, 1.54) is 0 Å². The molecule has 1 rings (SSSR count). The molecule has 0 saturated carbocycles. The third kappa shape index (κ3) is 3.17. The first-order valence-corrected chi connectivity index (χ1v) is 4.94. The van der Waals surface area contributed by atoms with Crippen LogP contribution in [0, 0.1) is 0 Å². The second kappa shape index (κ2) is 5.37. The molecule has 0 aromatic carbocycles. The maximum Gasteiger partial charge on any atom is 0.205 e. The predicted molar refractivity (Wildman–Crippen MR) is 56.2 cm³/mol. The largest absolute Gasteiger partial charge is 0.287 e. The summed E-state index contributed by atoms with van der Waals surface area (Å²) >= 11 is 0. The summed E-state index contributed by atoms with van der Waals surface area (Å²) < 4.78 is 1.63. The average molecular weight is 192 g/mol. The van der Waals surface area contributed by atoms with Crippen LogP contribution >= 0.6 is 0 Å². The van der Waals surface area contributed by atoms with Gasteiger partial charge < -0.3 is 0 Å². The van der Waals surface area contributed by atoms with Gasteiger partial charge in [-0.05, 0) is 18.6 Å². The Hall–Kier alpha value is -1.38. The molecule has 0 radical (unpaired) electrons. The number of carbonyl (C=O) groups is 1. The Kier molecular flexibility index (Phi) is 4.11. The van der Waals surface area contributed by atoms with Crippen molar-refractivity contribution in [1.82, 2.24) is 9.78 Å². The molecule has 0 saturated heterocycles. The van der Waals surface area contributed by atoms with Crippen molar-refractivity contribution in [3.63, 3.8) is 0 Å². The van der Waals surface area contributed by atoms with Crippen molar-refractivity contribution < 1.29 is 4.79 Å². The second-order valence-corrected chi connectivity index (χ2v) is 3.28. The first-order valence-electron chi connectivity index (χ1n) is 4.94. The standard InChI is InChI=1S/C11H16N2O/c1-3-4-5-6-7-11(14)10-8-9-13(2)12-10/h6-9H,3-5H2,1-2H3/b7-6+. The number of ketones is 1. The smallest absolute Gasteiger partial charge is 0.205 e. The highest BCUT2D eigenvalue weighted by molar-refractivity contribution is 6.02. The monoisotopic (exact) mass is 192 g/mol. The first-order chi connectivity index (χ1) is 6.74. The molecule has 1 aromatic heterocycles. The molecule has 0 fully saturated rings. The molecular formula is C11H16N2O. The van der Waals surface area contributed by atoms with Crippen LogP contribution in [0.4, 0.5) is 0 Å². The van der Waals surface area contributed by atoms with E-state index in [-0.39, 0.29) is 5.78 Å². The lowest BCUT2D eigenvalue weighted by Gasteiger charge is -1.89. The lowest BCUT2D eigenvalue weighted by molar-refractivity contribution is 0.104. The summed E-state index contributed by atoms with van der Waals surface area (Å²) in [5.41, 5.74) is 0.514. The lowest BCUT2D eigenvalue weighted by Crippen LogP contribution is -1.97. The number of nitrogens with zero attached hydrogens (tertiary/aromatic N) is 2. The van der Waals surface area contributed by atoms with E-state index >= 15 is 0 Å². The Morgan fingerprint density at radius 1 is 1.64 bits per heavy atom. The molecule has 76 valence electrons. The van der Waals surface area contributed by atoms with Crippen molar-refractivity contribution in [2.75, 3.05) is 0 Å². The van der Waals surface area contributed by atoms with Crippen molar-refractivity contribution >= 4 is 5.78 Å². The Morgan fingerprint density at radius 3 is 3.00 bits per heavy atom. The highest BCUT2D eigenvalue weighted by atomic mass is 16.1. The second-order valence-electron chi connectivity index (χ2n) is 3.28. The number of carbonyl (C=O) groups excluding carboxylic acids is 1. The van der Waals surface area contributed by atoms with Gasteiger partial charge in [-0.15, -0.1) is 0 Å². The zero-order valence-corrected chi connectivity index (χ0v) is 8.73. The molecule has 0 bridgehead atoms. The molecule has 0 aliphatic carbocycles. The molecule has 0 amide bonds. The minimum Gasteiger partial charge on any atom is -0.287 e. The molecule has 3 nitrogen and oxygen atoms in total. The summed E-state index contributed by atoms with van der Waals surface area (Å²) in [6.07, 6.45) is 8.55. The molecule has 0 unspecified atom stereocenters. The van der Waals surface area contributed by atoms with E-state index in [1.807, 2.05) is 6.08 Å². The van der Waals surface area contributed by atoms with Gasteiger partial charge in [-0.1, -0.05) is 25.8 Å². The average Bonchev–Trinajstić information content (AvgIpc) is 2.59. The van der Waals surface area contributed by atoms with E-state index < -0.39 is 0 Å². The number of unbranched alkanes of at least 4 members (excludes halogenated alkanes) is 2. The topological polar surface area (TPSA) is 34.9 Å². The van der Waals surface area contributed by atoms with E-state index in [0.29, 0.717) is 5.69 Å². The van der Waals surface area contributed by atoms with Crippen molar-refractivity contribution in [2.45, 2.75) is 26.2 Å². The Labute approximate surface area is 84.4 Å². The van der Waals surface area contributed by atoms with Crippen LogP contribution in [0.2, 0.25) is 0 Å². The predicted octanol–water partition coefficient (Wildman–Crippen LogP) is 2.35. The maximum absolute atomic E-state index is 11.5. The molecule has 14 heavy (non-hydrogen) atoms. The van der Waals surface area contributed by atoms with Gasteiger partial charge in [-0.3, -0.25) is 9.48 Å². The van der Waals surface area contributed by atoms with Crippen LogP contribution in [0.5, 0.6) is 0 Å².